The van der Waals surface area contributed by atoms with Gasteiger partial charge in [-0.2, -0.15) is 0 Å². The van der Waals surface area contributed by atoms with Crippen molar-refractivity contribution in [3.63, 3.8) is 0 Å². The van der Waals surface area contributed by atoms with Gasteiger partial charge in [-0.1, -0.05) is 0 Å². The molecule has 0 spiro atoms. The zero-order valence-corrected chi connectivity index (χ0v) is 19.9. The molecule has 7 unspecified atom stereocenters. The van der Waals surface area contributed by atoms with Gasteiger partial charge in [0.15, 0.2) is 0 Å². The lowest BCUT2D eigenvalue weighted by atomic mass is 9.66. The van der Waals surface area contributed by atoms with Crippen LogP contribution < -0.4 is 16.9 Å². The number of hydrogen-bond donors (Lipinski definition) is 3. The first kappa shape index (κ1) is 23.5. The number of nitrogens with two attached hydrogens (primary N) is 2. The summed E-state index contributed by atoms with van der Waals surface area (Å²) < 4.78 is 15.3. The molecule has 0 aromatic carbocycles. The van der Waals surface area contributed by atoms with Crippen LogP contribution in [0.2, 0.25) is 0 Å². The molecule has 2 aliphatic heterocycles. The molecule has 0 aromatic rings. The second-order valence-corrected chi connectivity index (χ2v) is 11.4. The lowest BCUT2D eigenvalue weighted by Gasteiger charge is -2.45. The monoisotopic (exact) mass is 464 g/mol. The zero-order chi connectivity index (χ0) is 23.3. The molecule has 5 aliphatic rings. The number of halogens is 1. The average Bonchev–Trinajstić information content (AvgIpc) is 3.09. The Balaban J connectivity index is 1.11. The third-order valence-corrected chi connectivity index (χ3v) is 9.56. The molecule has 7 atom stereocenters. The van der Waals surface area contributed by atoms with E-state index in [1.807, 2.05) is 0 Å². The second kappa shape index (κ2) is 9.06. The van der Waals surface area contributed by atoms with Crippen LogP contribution >= 0.6 is 0 Å². The van der Waals surface area contributed by atoms with Crippen LogP contribution in [0.5, 0.6) is 0 Å². The van der Waals surface area contributed by atoms with E-state index in [-0.39, 0.29) is 18.0 Å². The summed E-state index contributed by atoms with van der Waals surface area (Å²) in [5.74, 6) is 0.700. The van der Waals surface area contributed by atoms with Crippen LogP contribution in [-0.4, -0.2) is 83.8 Å². The molecule has 0 bridgehead atoms. The highest BCUT2D eigenvalue weighted by Crippen LogP contribution is 2.45. The Labute approximate surface area is 196 Å². The standard InChI is InChI=1S/C24H41FN6O2/c1-29-20-6-4-15(13-18(20)21(26)28-29)16-3-5-17(19(25)14-16)22(32)30-9-11-31(12-10-30)23(33)24(27)7-2-8-24/h15-21,28H,2-14,26-27H2,1H3. The molecule has 5 rings (SSSR count). The summed E-state index contributed by atoms with van der Waals surface area (Å²) in [5.41, 5.74) is 15.1. The Bertz CT molecular complexity index is 755. The van der Waals surface area contributed by atoms with Crippen LogP contribution in [0.3, 0.4) is 0 Å². The molecule has 186 valence electrons. The van der Waals surface area contributed by atoms with E-state index >= 15 is 4.39 Å². The molecule has 0 aromatic heterocycles. The highest BCUT2D eigenvalue weighted by molar-refractivity contribution is 5.87. The Hall–Kier alpha value is -1.29. The number of alkyl halides is 1. The van der Waals surface area contributed by atoms with E-state index in [1.165, 1.54) is 0 Å². The van der Waals surface area contributed by atoms with Gasteiger partial charge in [-0.25, -0.2) is 14.8 Å². The Kier molecular flexibility index (Phi) is 6.44. The fourth-order valence-electron chi connectivity index (χ4n) is 7.25. The molecule has 5 N–H and O–H groups in total. The van der Waals surface area contributed by atoms with Gasteiger partial charge in [0.05, 0.1) is 17.6 Å². The number of carbonyl (C=O) groups excluding carboxylic acids is 2. The fraction of sp³-hybridized carbons (Fsp3) is 0.917. The third-order valence-electron chi connectivity index (χ3n) is 9.56. The lowest BCUT2D eigenvalue weighted by Crippen LogP contribution is -2.63. The Morgan fingerprint density at radius 3 is 2.24 bits per heavy atom. The molecular weight excluding hydrogens is 423 g/mol. The smallest absolute Gasteiger partial charge is 0.242 e. The maximum absolute atomic E-state index is 15.3. The molecule has 0 radical (unpaired) electrons. The molecule has 3 aliphatic carbocycles. The minimum absolute atomic E-state index is 0.00844. The second-order valence-electron chi connectivity index (χ2n) is 11.4. The molecular formula is C24H41FN6O2. The quantitative estimate of drug-likeness (QED) is 0.571. The number of piperazine rings is 1. The van der Waals surface area contributed by atoms with Gasteiger partial charge in [-0.3, -0.25) is 9.59 Å². The van der Waals surface area contributed by atoms with Crippen molar-refractivity contribution in [3.05, 3.63) is 0 Å². The third kappa shape index (κ3) is 4.30. The highest BCUT2D eigenvalue weighted by atomic mass is 19.1. The van der Waals surface area contributed by atoms with Crippen molar-refractivity contribution >= 4 is 11.8 Å². The zero-order valence-electron chi connectivity index (χ0n) is 19.9. The van der Waals surface area contributed by atoms with Crippen LogP contribution in [0.1, 0.15) is 57.8 Å². The van der Waals surface area contributed by atoms with Crippen molar-refractivity contribution in [3.8, 4) is 0 Å². The maximum atomic E-state index is 15.3. The van der Waals surface area contributed by atoms with E-state index in [9.17, 15) is 9.59 Å². The van der Waals surface area contributed by atoms with E-state index in [0.717, 1.165) is 44.9 Å². The van der Waals surface area contributed by atoms with E-state index in [4.69, 9.17) is 11.5 Å². The predicted molar refractivity (Wildman–Crippen MR) is 123 cm³/mol. The van der Waals surface area contributed by atoms with Crippen molar-refractivity contribution in [2.75, 3.05) is 33.2 Å². The summed E-state index contributed by atoms with van der Waals surface area (Å²) in [6.45, 7) is 1.97. The first-order chi connectivity index (χ1) is 15.8. The topological polar surface area (TPSA) is 108 Å². The molecule has 2 heterocycles. The summed E-state index contributed by atoms with van der Waals surface area (Å²) in [6.07, 6.45) is 6.74. The molecule has 2 saturated heterocycles. The summed E-state index contributed by atoms with van der Waals surface area (Å²) in [6, 6.07) is 0.485. The van der Waals surface area contributed by atoms with Crippen LogP contribution in [0, 0.1) is 23.7 Å². The molecule has 2 amide bonds. The van der Waals surface area contributed by atoms with Crippen LogP contribution in [0.15, 0.2) is 0 Å². The SMILES string of the molecule is CN1NC(N)C2CC(C3CCC(C(=O)N4CCN(C(=O)C5(N)CCC5)CC4)C(F)C3)CCC21. The van der Waals surface area contributed by atoms with E-state index < -0.39 is 17.6 Å². The number of hydrogen-bond acceptors (Lipinski definition) is 6. The van der Waals surface area contributed by atoms with Crippen molar-refractivity contribution in [1.29, 1.82) is 0 Å². The van der Waals surface area contributed by atoms with Gasteiger partial charge in [0.25, 0.3) is 0 Å². The largest absolute Gasteiger partial charge is 0.339 e. The molecule has 5 fully saturated rings. The Morgan fingerprint density at radius 1 is 0.970 bits per heavy atom. The summed E-state index contributed by atoms with van der Waals surface area (Å²) >= 11 is 0. The summed E-state index contributed by atoms with van der Waals surface area (Å²) in [7, 11) is 2.07. The highest BCUT2D eigenvalue weighted by Gasteiger charge is 2.47. The molecule has 33 heavy (non-hydrogen) atoms. The summed E-state index contributed by atoms with van der Waals surface area (Å²) in [5, 5.41) is 2.16. The van der Waals surface area contributed by atoms with Crippen molar-refractivity contribution in [1.82, 2.24) is 20.2 Å². The average molecular weight is 465 g/mol. The van der Waals surface area contributed by atoms with Gasteiger partial charge >= 0.3 is 0 Å². The van der Waals surface area contributed by atoms with E-state index in [1.54, 1.807) is 9.80 Å². The van der Waals surface area contributed by atoms with Gasteiger partial charge in [0, 0.05) is 45.2 Å². The number of rotatable bonds is 3. The number of nitrogens with one attached hydrogen (secondary N) is 1. The van der Waals surface area contributed by atoms with Crippen LogP contribution in [0.25, 0.3) is 0 Å². The minimum Gasteiger partial charge on any atom is -0.339 e. The normalized spacial score (nSPS) is 41.4. The number of amides is 2. The molecule has 3 saturated carbocycles. The lowest BCUT2D eigenvalue weighted by molar-refractivity contribution is -0.148. The van der Waals surface area contributed by atoms with Crippen molar-refractivity contribution in [2.24, 2.45) is 35.1 Å². The number of hydrazine groups is 1. The maximum Gasteiger partial charge on any atom is 0.242 e. The number of nitrogens with zero attached hydrogens (tertiary/aromatic N) is 3. The van der Waals surface area contributed by atoms with Gasteiger partial charge in [-0.05, 0) is 69.6 Å². The minimum atomic E-state index is -1.08. The number of fused-ring (bicyclic) bond motifs is 1. The van der Waals surface area contributed by atoms with Gasteiger partial charge < -0.3 is 21.3 Å². The number of carbonyl (C=O) groups is 2. The first-order valence-corrected chi connectivity index (χ1v) is 13.0. The van der Waals surface area contributed by atoms with Crippen molar-refractivity contribution in [2.45, 2.75) is 81.7 Å². The van der Waals surface area contributed by atoms with Gasteiger partial charge in [0.1, 0.15) is 6.17 Å². The van der Waals surface area contributed by atoms with Gasteiger partial charge in [0.2, 0.25) is 11.8 Å². The van der Waals surface area contributed by atoms with E-state index in [0.29, 0.717) is 62.8 Å². The first-order valence-electron chi connectivity index (χ1n) is 13.0. The van der Waals surface area contributed by atoms with E-state index in [2.05, 4.69) is 17.5 Å². The van der Waals surface area contributed by atoms with Crippen LogP contribution in [0.4, 0.5) is 4.39 Å². The Morgan fingerprint density at radius 2 is 1.61 bits per heavy atom. The van der Waals surface area contributed by atoms with Crippen molar-refractivity contribution < 1.29 is 14.0 Å². The molecule has 8 nitrogen and oxygen atoms in total. The fourth-order valence-corrected chi connectivity index (χ4v) is 7.25. The summed E-state index contributed by atoms with van der Waals surface area (Å²) in [4.78, 5) is 29.4. The molecule has 9 heteroatoms. The van der Waals surface area contributed by atoms with Crippen LogP contribution in [-0.2, 0) is 9.59 Å². The predicted octanol–water partition coefficient (Wildman–Crippen LogP) is 0.813. The van der Waals surface area contributed by atoms with Gasteiger partial charge in [-0.15, -0.1) is 0 Å².